The summed E-state index contributed by atoms with van der Waals surface area (Å²) in [5.41, 5.74) is 3.40. The number of fused-ring (bicyclic) bond motifs is 1. The fourth-order valence-electron chi connectivity index (χ4n) is 4.52. The number of carbonyl (C=O) groups is 2. The van der Waals surface area contributed by atoms with Crippen LogP contribution in [0.3, 0.4) is 0 Å². The van der Waals surface area contributed by atoms with Crippen molar-refractivity contribution >= 4 is 46.6 Å². The van der Waals surface area contributed by atoms with Crippen LogP contribution < -0.4 is 9.47 Å². The Labute approximate surface area is 242 Å². The van der Waals surface area contributed by atoms with Gasteiger partial charge in [0.2, 0.25) is 0 Å². The number of rotatable bonds is 15. The van der Waals surface area contributed by atoms with Crippen LogP contribution in [0.25, 0.3) is 23.1 Å². The average Bonchev–Trinajstić information content (AvgIpc) is 3.29. The maximum absolute atomic E-state index is 13.9. The molecule has 0 radical (unpaired) electrons. The average molecular weight is 580 g/mol. The Morgan fingerprint density at radius 3 is 2.34 bits per heavy atom. The van der Waals surface area contributed by atoms with E-state index < -0.39 is 17.8 Å². The summed E-state index contributed by atoms with van der Waals surface area (Å²) in [5, 5.41) is 19.3. The minimum absolute atomic E-state index is 0.0354. The van der Waals surface area contributed by atoms with E-state index in [0.717, 1.165) is 34.2 Å². The molecule has 0 aliphatic rings. The van der Waals surface area contributed by atoms with Gasteiger partial charge in [0.25, 0.3) is 0 Å². The molecule has 0 atom stereocenters. The van der Waals surface area contributed by atoms with Crippen LogP contribution in [0, 0.1) is 5.82 Å². The van der Waals surface area contributed by atoms with Gasteiger partial charge in [-0.05, 0) is 66.3 Å². The highest BCUT2D eigenvalue weighted by Crippen LogP contribution is 2.28. The van der Waals surface area contributed by atoms with Gasteiger partial charge in [0.05, 0.1) is 24.7 Å². The van der Waals surface area contributed by atoms with Gasteiger partial charge in [-0.1, -0.05) is 54.1 Å². The predicted molar refractivity (Wildman–Crippen MR) is 157 cm³/mol. The summed E-state index contributed by atoms with van der Waals surface area (Å²) in [4.78, 5) is 22.4. The normalized spacial score (nSPS) is 11.3. The summed E-state index contributed by atoms with van der Waals surface area (Å²) in [5.74, 6) is -1.46. The number of aromatic nitrogens is 1. The molecular formula is C32H31ClFNO6. The number of unbranched alkanes of at least 4 members (excludes halogenated alkanes) is 1. The number of hydrogen-bond donors (Lipinski definition) is 2. The van der Waals surface area contributed by atoms with Crippen LogP contribution in [-0.4, -0.2) is 39.9 Å². The third kappa shape index (κ3) is 8.35. The lowest BCUT2D eigenvalue weighted by atomic mass is 10.0. The van der Waals surface area contributed by atoms with E-state index >= 15 is 0 Å². The van der Waals surface area contributed by atoms with E-state index in [1.54, 1.807) is 12.1 Å². The highest BCUT2D eigenvalue weighted by atomic mass is 35.5. The summed E-state index contributed by atoms with van der Waals surface area (Å²) in [7, 11) is 0. The predicted octanol–water partition coefficient (Wildman–Crippen LogP) is 7.33. The van der Waals surface area contributed by atoms with Crippen LogP contribution in [-0.2, 0) is 22.6 Å². The molecule has 3 aromatic carbocycles. The molecule has 7 nitrogen and oxygen atoms in total. The second-order valence-electron chi connectivity index (χ2n) is 9.52. The van der Waals surface area contributed by atoms with Crippen molar-refractivity contribution in [2.24, 2.45) is 0 Å². The van der Waals surface area contributed by atoms with Gasteiger partial charge in [-0.3, -0.25) is 9.59 Å². The fourth-order valence-corrected chi connectivity index (χ4v) is 4.69. The van der Waals surface area contributed by atoms with Gasteiger partial charge in [-0.15, -0.1) is 0 Å². The first-order valence-corrected chi connectivity index (χ1v) is 13.7. The summed E-state index contributed by atoms with van der Waals surface area (Å²) < 4.78 is 27.0. The molecule has 4 aromatic rings. The van der Waals surface area contributed by atoms with Crippen molar-refractivity contribution in [3.63, 3.8) is 0 Å². The molecule has 0 aliphatic heterocycles. The number of halogens is 2. The van der Waals surface area contributed by atoms with E-state index in [-0.39, 0.29) is 23.6 Å². The van der Waals surface area contributed by atoms with Gasteiger partial charge < -0.3 is 24.3 Å². The number of aliphatic carboxylic acids is 2. The van der Waals surface area contributed by atoms with Crippen LogP contribution in [0.1, 0.15) is 42.4 Å². The molecule has 4 rings (SSSR count). The van der Waals surface area contributed by atoms with Gasteiger partial charge in [0.15, 0.2) is 11.6 Å². The first-order valence-electron chi connectivity index (χ1n) is 13.3. The van der Waals surface area contributed by atoms with Crippen molar-refractivity contribution in [3.8, 4) is 11.5 Å². The van der Waals surface area contributed by atoms with Crippen LogP contribution in [0.2, 0.25) is 5.02 Å². The Hall–Kier alpha value is -4.30. The second kappa shape index (κ2) is 14.4. The number of ether oxygens (including phenoxy) is 2. The van der Waals surface area contributed by atoms with E-state index in [0.29, 0.717) is 38.2 Å². The fraction of sp³-hybridized carbons (Fsp3) is 0.250. The minimum Gasteiger partial charge on any atom is -0.494 e. The number of benzene rings is 3. The summed E-state index contributed by atoms with van der Waals surface area (Å²) in [6.45, 7) is 1.34. The topological polar surface area (TPSA) is 98.0 Å². The minimum atomic E-state index is -0.925. The molecule has 0 saturated carbocycles. The van der Waals surface area contributed by atoms with Crippen LogP contribution in [0.5, 0.6) is 11.5 Å². The molecule has 0 fully saturated rings. The van der Waals surface area contributed by atoms with Gasteiger partial charge in [-0.2, -0.15) is 0 Å². The van der Waals surface area contributed by atoms with Crippen molar-refractivity contribution < 1.29 is 33.7 Å². The van der Waals surface area contributed by atoms with Crippen molar-refractivity contribution in [3.05, 3.63) is 94.4 Å². The molecular weight excluding hydrogens is 549 g/mol. The quantitative estimate of drug-likeness (QED) is 0.113. The maximum atomic E-state index is 13.9. The van der Waals surface area contributed by atoms with Crippen molar-refractivity contribution in [1.82, 2.24) is 4.57 Å². The summed E-state index contributed by atoms with van der Waals surface area (Å²) in [6.07, 6.45) is 7.54. The van der Waals surface area contributed by atoms with Gasteiger partial charge in [0, 0.05) is 30.1 Å². The molecule has 41 heavy (non-hydrogen) atoms. The molecule has 0 unspecified atom stereocenters. The largest absolute Gasteiger partial charge is 0.494 e. The molecule has 0 saturated heterocycles. The first kappa shape index (κ1) is 29.7. The van der Waals surface area contributed by atoms with Crippen LogP contribution >= 0.6 is 11.6 Å². The maximum Gasteiger partial charge on any atom is 0.307 e. The van der Waals surface area contributed by atoms with E-state index in [2.05, 4.69) is 0 Å². The van der Waals surface area contributed by atoms with Crippen LogP contribution in [0.4, 0.5) is 4.39 Å². The number of aryl methyl sites for hydroxylation is 1. The molecule has 0 spiro atoms. The lowest BCUT2D eigenvalue weighted by molar-refractivity contribution is -0.137. The highest BCUT2D eigenvalue weighted by Gasteiger charge is 2.14. The summed E-state index contributed by atoms with van der Waals surface area (Å²) >= 11 is 5.76. The molecule has 2 N–H and O–H groups in total. The van der Waals surface area contributed by atoms with E-state index in [4.69, 9.17) is 26.2 Å². The Bertz CT molecular complexity index is 1530. The zero-order valence-corrected chi connectivity index (χ0v) is 23.1. The number of carboxylic acids is 2. The van der Waals surface area contributed by atoms with E-state index in [9.17, 15) is 19.1 Å². The smallest absolute Gasteiger partial charge is 0.307 e. The van der Waals surface area contributed by atoms with Gasteiger partial charge >= 0.3 is 11.9 Å². The number of carboxylic acid groups (broad SMARTS) is 2. The molecule has 214 valence electrons. The first-order chi connectivity index (χ1) is 19.8. The Morgan fingerprint density at radius 2 is 1.61 bits per heavy atom. The second-order valence-corrected chi connectivity index (χ2v) is 9.92. The zero-order chi connectivity index (χ0) is 29.2. The zero-order valence-electron chi connectivity index (χ0n) is 22.4. The Balaban J connectivity index is 1.34. The summed E-state index contributed by atoms with van der Waals surface area (Å²) in [6, 6.07) is 18.1. The molecule has 9 heteroatoms. The highest BCUT2D eigenvalue weighted by molar-refractivity contribution is 6.30. The molecule has 0 bridgehead atoms. The number of hydrogen-bond acceptors (Lipinski definition) is 4. The van der Waals surface area contributed by atoms with Gasteiger partial charge in [-0.25, -0.2) is 4.39 Å². The van der Waals surface area contributed by atoms with E-state index in [1.165, 1.54) is 6.07 Å². The SMILES string of the molecule is O=C(O)CCCn1cc(CC(=O)O)c2c(C=Cc3ccc(OCCCCOc4cccc(Cl)c4F)cc3)cccc21. The molecule has 0 aliphatic carbocycles. The van der Waals surface area contributed by atoms with Crippen molar-refractivity contribution in [2.45, 2.75) is 38.6 Å². The third-order valence-electron chi connectivity index (χ3n) is 6.46. The Morgan fingerprint density at radius 1 is 0.878 bits per heavy atom. The van der Waals surface area contributed by atoms with Crippen molar-refractivity contribution in [2.75, 3.05) is 13.2 Å². The van der Waals surface area contributed by atoms with E-state index in [1.807, 2.05) is 65.4 Å². The molecule has 0 amide bonds. The monoisotopic (exact) mass is 579 g/mol. The molecule has 1 aromatic heterocycles. The lowest BCUT2D eigenvalue weighted by Gasteiger charge is -2.09. The third-order valence-corrected chi connectivity index (χ3v) is 6.76. The van der Waals surface area contributed by atoms with Crippen molar-refractivity contribution in [1.29, 1.82) is 0 Å². The Kier molecular flexibility index (Phi) is 10.4. The number of nitrogens with zero attached hydrogens (tertiary/aromatic N) is 1. The lowest BCUT2D eigenvalue weighted by Crippen LogP contribution is -2.03. The molecule has 1 heterocycles. The van der Waals surface area contributed by atoms with Crippen LogP contribution in [0.15, 0.2) is 66.9 Å². The standard InChI is InChI=1S/C32H31ClFNO6/c33-26-7-4-9-28(32(26)34)41-19-2-1-18-40-25-15-12-22(13-16-25)11-14-23-6-3-8-27-31(23)24(20-30(38)39)21-35(27)17-5-10-29(36)37/h3-4,6-9,11-16,21H,1-2,5,10,17-20H2,(H,36,37)(H,38,39). The van der Waals surface area contributed by atoms with Gasteiger partial charge in [0.1, 0.15) is 5.75 Å².